The first-order chi connectivity index (χ1) is 18.7. The lowest BCUT2D eigenvalue weighted by atomic mass is 10.1. The van der Waals surface area contributed by atoms with Gasteiger partial charge in [-0.05, 0) is 50.6 Å². The Kier molecular flexibility index (Phi) is 8.75. The second kappa shape index (κ2) is 12.2. The van der Waals surface area contributed by atoms with Gasteiger partial charge in [0.25, 0.3) is 10.0 Å². The van der Waals surface area contributed by atoms with E-state index in [4.69, 9.17) is 9.47 Å². The maximum Gasteiger partial charge on any atom is 0.264 e. The smallest absolute Gasteiger partial charge is 0.264 e. The van der Waals surface area contributed by atoms with Crippen LogP contribution in [0.15, 0.2) is 77.7 Å². The summed E-state index contributed by atoms with van der Waals surface area (Å²) in [4.78, 5) is 28.1. The van der Waals surface area contributed by atoms with E-state index in [0.29, 0.717) is 31.3 Å². The molecule has 0 aliphatic carbocycles. The average molecular weight is 552 g/mol. The van der Waals surface area contributed by atoms with E-state index in [1.54, 1.807) is 50.2 Å². The molecule has 206 valence electrons. The first-order valence-corrected chi connectivity index (χ1v) is 14.2. The molecule has 39 heavy (non-hydrogen) atoms. The van der Waals surface area contributed by atoms with Gasteiger partial charge in [0, 0.05) is 19.2 Å². The number of aryl methyl sites for hydroxylation is 1. The number of sulfonamides is 1. The lowest BCUT2D eigenvalue weighted by Crippen LogP contribution is -2.51. The molecule has 10 heteroatoms. The summed E-state index contributed by atoms with van der Waals surface area (Å²) in [5.41, 5.74) is 2.13. The summed E-state index contributed by atoms with van der Waals surface area (Å²) in [7, 11) is -4.15. The number of fused-ring (bicyclic) bond motifs is 1. The molecule has 4 rings (SSSR count). The van der Waals surface area contributed by atoms with Crippen molar-refractivity contribution >= 4 is 27.5 Å². The molecule has 0 saturated carbocycles. The molecule has 1 heterocycles. The lowest BCUT2D eigenvalue weighted by molar-refractivity contribution is -0.139. The number of rotatable bonds is 10. The van der Waals surface area contributed by atoms with E-state index in [1.165, 1.54) is 17.0 Å². The van der Waals surface area contributed by atoms with E-state index in [0.717, 1.165) is 15.4 Å². The van der Waals surface area contributed by atoms with Gasteiger partial charge in [0.2, 0.25) is 11.8 Å². The Morgan fingerprint density at radius 1 is 0.949 bits per heavy atom. The van der Waals surface area contributed by atoms with Crippen molar-refractivity contribution in [1.82, 2.24) is 10.2 Å². The molecule has 0 aromatic heterocycles. The molecule has 2 amide bonds. The van der Waals surface area contributed by atoms with Crippen LogP contribution in [0.5, 0.6) is 11.5 Å². The fourth-order valence-corrected chi connectivity index (χ4v) is 5.66. The molecule has 1 aliphatic heterocycles. The van der Waals surface area contributed by atoms with Gasteiger partial charge in [0.05, 0.1) is 10.6 Å². The zero-order valence-electron chi connectivity index (χ0n) is 22.3. The number of anilines is 1. The van der Waals surface area contributed by atoms with Gasteiger partial charge in [-0.3, -0.25) is 13.9 Å². The number of nitrogens with one attached hydrogen (secondary N) is 1. The molecule has 3 aromatic carbocycles. The van der Waals surface area contributed by atoms with E-state index in [9.17, 15) is 18.0 Å². The van der Waals surface area contributed by atoms with Crippen LogP contribution in [0.4, 0.5) is 5.69 Å². The maximum atomic E-state index is 13.9. The minimum atomic E-state index is -4.15. The van der Waals surface area contributed by atoms with Crippen LogP contribution in [0.3, 0.4) is 0 Å². The Bertz CT molecular complexity index is 1410. The molecule has 0 unspecified atom stereocenters. The highest BCUT2D eigenvalue weighted by atomic mass is 32.2. The minimum absolute atomic E-state index is 0.0366. The van der Waals surface area contributed by atoms with Crippen LogP contribution in [0.2, 0.25) is 0 Å². The van der Waals surface area contributed by atoms with Gasteiger partial charge in [0.1, 0.15) is 25.8 Å². The quantitative estimate of drug-likeness (QED) is 0.414. The van der Waals surface area contributed by atoms with Crippen LogP contribution in [0.25, 0.3) is 0 Å². The van der Waals surface area contributed by atoms with Gasteiger partial charge < -0.3 is 19.7 Å². The molecule has 0 saturated heterocycles. The topological polar surface area (TPSA) is 105 Å². The Labute approximate surface area is 229 Å². The average Bonchev–Trinajstić information content (AvgIpc) is 2.95. The highest BCUT2D eigenvalue weighted by Gasteiger charge is 2.33. The van der Waals surface area contributed by atoms with Crippen molar-refractivity contribution in [2.45, 2.75) is 38.3 Å². The monoisotopic (exact) mass is 551 g/mol. The van der Waals surface area contributed by atoms with Crippen LogP contribution in [-0.4, -0.2) is 57.5 Å². The standard InChI is InChI=1S/C29H33N3O6S/c1-4-30-29(34)22(3)31(19-23-12-10-21(2)11-13-23)28(33)20-32(39(35,36)25-8-6-5-7-9-25)24-14-15-26-27(18-24)38-17-16-37-26/h5-15,18,22H,4,16-17,19-20H2,1-3H3,(H,30,34)/t22-/m1/s1. The van der Waals surface area contributed by atoms with Gasteiger partial charge in [0.15, 0.2) is 11.5 Å². The lowest BCUT2D eigenvalue weighted by Gasteiger charge is -2.32. The molecule has 0 bridgehead atoms. The molecule has 0 radical (unpaired) electrons. The van der Waals surface area contributed by atoms with Crippen molar-refractivity contribution in [3.8, 4) is 11.5 Å². The Morgan fingerprint density at radius 2 is 1.62 bits per heavy atom. The van der Waals surface area contributed by atoms with Crippen molar-refractivity contribution in [3.05, 3.63) is 83.9 Å². The predicted octanol–water partition coefficient (Wildman–Crippen LogP) is 3.51. The minimum Gasteiger partial charge on any atom is -0.486 e. The van der Waals surface area contributed by atoms with E-state index >= 15 is 0 Å². The van der Waals surface area contributed by atoms with Crippen LogP contribution in [-0.2, 0) is 26.2 Å². The van der Waals surface area contributed by atoms with Crippen molar-refractivity contribution in [2.24, 2.45) is 0 Å². The maximum absolute atomic E-state index is 13.9. The number of carbonyl (C=O) groups is 2. The van der Waals surface area contributed by atoms with Gasteiger partial charge >= 0.3 is 0 Å². The van der Waals surface area contributed by atoms with Crippen LogP contribution >= 0.6 is 0 Å². The summed E-state index contributed by atoms with van der Waals surface area (Å²) in [5, 5.41) is 2.76. The molecular formula is C29H33N3O6S. The number of ether oxygens (including phenoxy) is 2. The van der Waals surface area contributed by atoms with Crippen molar-refractivity contribution < 1.29 is 27.5 Å². The molecule has 1 aliphatic rings. The fraction of sp³-hybridized carbons (Fsp3) is 0.310. The highest BCUT2D eigenvalue weighted by Crippen LogP contribution is 2.36. The fourth-order valence-electron chi connectivity index (χ4n) is 4.23. The Hall–Kier alpha value is -4.05. The van der Waals surface area contributed by atoms with Crippen molar-refractivity contribution in [3.63, 3.8) is 0 Å². The van der Waals surface area contributed by atoms with Gasteiger partial charge in [-0.2, -0.15) is 0 Å². The predicted molar refractivity (Wildman–Crippen MR) is 148 cm³/mol. The number of nitrogens with zero attached hydrogens (tertiary/aromatic N) is 2. The van der Waals surface area contributed by atoms with Gasteiger partial charge in [-0.15, -0.1) is 0 Å². The third kappa shape index (κ3) is 6.51. The summed E-state index contributed by atoms with van der Waals surface area (Å²) in [6.45, 7) is 6.14. The molecule has 9 nitrogen and oxygen atoms in total. The number of amides is 2. The SMILES string of the molecule is CCNC(=O)[C@@H](C)N(Cc1ccc(C)cc1)C(=O)CN(c1ccc2c(c1)OCCO2)S(=O)(=O)c1ccccc1. The molecule has 1 N–H and O–H groups in total. The van der Waals surface area contributed by atoms with Gasteiger partial charge in [-0.25, -0.2) is 8.42 Å². The first-order valence-electron chi connectivity index (χ1n) is 12.8. The molecule has 0 fully saturated rings. The number of likely N-dealkylation sites (N-methyl/N-ethyl adjacent to an activating group) is 1. The second-order valence-electron chi connectivity index (χ2n) is 9.23. The number of benzene rings is 3. The Balaban J connectivity index is 1.73. The van der Waals surface area contributed by atoms with Gasteiger partial charge in [-0.1, -0.05) is 48.0 Å². The third-order valence-corrected chi connectivity index (χ3v) is 8.20. The summed E-state index contributed by atoms with van der Waals surface area (Å²) in [6.07, 6.45) is 0. The zero-order chi connectivity index (χ0) is 28.0. The Morgan fingerprint density at radius 3 is 2.28 bits per heavy atom. The number of carbonyl (C=O) groups excluding carboxylic acids is 2. The van der Waals surface area contributed by atoms with E-state index in [1.807, 2.05) is 31.2 Å². The molecule has 0 spiro atoms. The van der Waals surface area contributed by atoms with E-state index in [-0.39, 0.29) is 23.0 Å². The summed E-state index contributed by atoms with van der Waals surface area (Å²) in [5.74, 6) is 0.0457. The second-order valence-corrected chi connectivity index (χ2v) is 11.1. The first kappa shape index (κ1) is 28.0. The molecule has 1 atom stereocenters. The van der Waals surface area contributed by atoms with Crippen molar-refractivity contribution in [1.29, 1.82) is 0 Å². The van der Waals surface area contributed by atoms with Crippen LogP contribution in [0, 0.1) is 6.92 Å². The number of hydrogen-bond acceptors (Lipinski definition) is 6. The van der Waals surface area contributed by atoms with E-state index < -0.39 is 28.5 Å². The summed E-state index contributed by atoms with van der Waals surface area (Å²) < 4.78 is 40.0. The summed E-state index contributed by atoms with van der Waals surface area (Å²) >= 11 is 0. The summed E-state index contributed by atoms with van der Waals surface area (Å²) in [6, 6.07) is 19.5. The van der Waals surface area contributed by atoms with E-state index in [2.05, 4.69) is 5.32 Å². The van der Waals surface area contributed by atoms with Crippen LogP contribution in [0.1, 0.15) is 25.0 Å². The third-order valence-electron chi connectivity index (χ3n) is 6.42. The normalized spacial score (nSPS) is 13.3. The highest BCUT2D eigenvalue weighted by molar-refractivity contribution is 7.92. The zero-order valence-corrected chi connectivity index (χ0v) is 23.1. The van der Waals surface area contributed by atoms with Crippen LogP contribution < -0.4 is 19.1 Å². The number of hydrogen-bond donors (Lipinski definition) is 1. The molecule has 3 aromatic rings. The van der Waals surface area contributed by atoms with Crippen molar-refractivity contribution in [2.75, 3.05) is 30.6 Å². The molecular weight excluding hydrogens is 518 g/mol. The largest absolute Gasteiger partial charge is 0.486 e.